The summed E-state index contributed by atoms with van der Waals surface area (Å²) < 4.78 is 5.67. The third kappa shape index (κ3) is 2.96. The van der Waals surface area contributed by atoms with Crippen LogP contribution in [-0.2, 0) is 4.74 Å². The van der Waals surface area contributed by atoms with Crippen molar-refractivity contribution >= 4 is 0 Å². The van der Waals surface area contributed by atoms with Gasteiger partial charge in [0.1, 0.15) is 0 Å². The molecular weight excluding hydrogens is 174 g/mol. The Morgan fingerprint density at radius 3 is 2.36 bits per heavy atom. The largest absolute Gasteiger partial charge is 0.380 e. The first-order chi connectivity index (χ1) is 6.83. The summed E-state index contributed by atoms with van der Waals surface area (Å²) >= 11 is 0. The van der Waals surface area contributed by atoms with Crippen LogP contribution in [0.2, 0.25) is 0 Å². The zero-order valence-electron chi connectivity index (χ0n) is 9.88. The van der Waals surface area contributed by atoms with Gasteiger partial charge in [-0.1, -0.05) is 26.2 Å². The number of likely N-dealkylation sites (N-methyl/N-ethyl adjacent to an activating group) is 1. The van der Waals surface area contributed by atoms with E-state index in [1.807, 2.05) is 14.2 Å². The minimum absolute atomic E-state index is 0.422. The highest BCUT2D eigenvalue weighted by Crippen LogP contribution is 2.29. The Morgan fingerprint density at radius 1 is 1.29 bits per heavy atom. The molecule has 1 N–H and O–H groups in total. The summed E-state index contributed by atoms with van der Waals surface area (Å²) in [7, 11) is 3.91. The lowest BCUT2D eigenvalue weighted by atomic mass is 9.82. The lowest BCUT2D eigenvalue weighted by Gasteiger charge is -2.34. The SMILES string of the molecule is CCC(NC)C(OC)C1CCCCC1. The van der Waals surface area contributed by atoms with E-state index in [0.29, 0.717) is 12.1 Å². The molecule has 0 radical (unpaired) electrons. The van der Waals surface area contributed by atoms with E-state index in [4.69, 9.17) is 4.74 Å². The van der Waals surface area contributed by atoms with Gasteiger partial charge in [0, 0.05) is 13.2 Å². The van der Waals surface area contributed by atoms with Gasteiger partial charge in [0.05, 0.1) is 6.10 Å². The molecule has 84 valence electrons. The molecule has 0 amide bonds. The average Bonchev–Trinajstić information content (AvgIpc) is 2.27. The van der Waals surface area contributed by atoms with E-state index in [2.05, 4.69) is 12.2 Å². The van der Waals surface area contributed by atoms with Crippen molar-refractivity contribution in [2.45, 2.75) is 57.6 Å². The number of hydrogen-bond donors (Lipinski definition) is 1. The maximum atomic E-state index is 5.67. The predicted octanol–water partition coefficient (Wildman–Crippen LogP) is 2.58. The van der Waals surface area contributed by atoms with Gasteiger partial charge >= 0.3 is 0 Å². The summed E-state index contributed by atoms with van der Waals surface area (Å²) in [5, 5.41) is 3.38. The van der Waals surface area contributed by atoms with Crippen LogP contribution in [-0.4, -0.2) is 26.3 Å². The standard InChI is InChI=1S/C12H25NO/c1-4-11(13-2)12(14-3)10-8-6-5-7-9-10/h10-13H,4-9H2,1-3H3. The minimum Gasteiger partial charge on any atom is -0.380 e. The van der Waals surface area contributed by atoms with E-state index in [1.54, 1.807) is 0 Å². The molecule has 0 spiro atoms. The highest BCUT2D eigenvalue weighted by Gasteiger charge is 2.28. The molecule has 2 unspecified atom stereocenters. The Bertz CT molecular complexity index is 139. The van der Waals surface area contributed by atoms with Crippen molar-refractivity contribution in [3.05, 3.63) is 0 Å². The topological polar surface area (TPSA) is 21.3 Å². The van der Waals surface area contributed by atoms with Crippen molar-refractivity contribution in [3.63, 3.8) is 0 Å². The fourth-order valence-corrected chi connectivity index (χ4v) is 2.75. The molecule has 1 saturated carbocycles. The summed E-state index contributed by atoms with van der Waals surface area (Å²) in [5.41, 5.74) is 0. The minimum atomic E-state index is 0.422. The molecule has 0 aromatic carbocycles. The van der Waals surface area contributed by atoms with E-state index in [9.17, 15) is 0 Å². The normalized spacial score (nSPS) is 23.4. The van der Waals surface area contributed by atoms with E-state index in [0.717, 1.165) is 12.3 Å². The molecule has 0 aromatic heterocycles. The molecule has 1 aliphatic rings. The molecule has 0 bridgehead atoms. The molecule has 0 saturated heterocycles. The van der Waals surface area contributed by atoms with Crippen molar-refractivity contribution in [1.82, 2.24) is 5.32 Å². The van der Waals surface area contributed by atoms with Crippen molar-refractivity contribution < 1.29 is 4.74 Å². The molecule has 14 heavy (non-hydrogen) atoms. The van der Waals surface area contributed by atoms with Crippen LogP contribution in [0.25, 0.3) is 0 Å². The number of rotatable bonds is 5. The Labute approximate surface area is 88.4 Å². The summed E-state index contributed by atoms with van der Waals surface area (Å²) in [5.74, 6) is 0.783. The molecule has 1 rings (SSSR count). The lowest BCUT2D eigenvalue weighted by molar-refractivity contribution is 0.00918. The van der Waals surface area contributed by atoms with Gasteiger partial charge in [0.2, 0.25) is 0 Å². The van der Waals surface area contributed by atoms with Gasteiger partial charge in [-0.05, 0) is 32.2 Å². The van der Waals surface area contributed by atoms with Crippen LogP contribution in [0.5, 0.6) is 0 Å². The van der Waals surface area contributed by atoms with Crippen LogP contribution in [0, 0.1) is 5.92 Å². The molecular formula is C12H25NO. The molecule has 1 fully saturated rings. The molecule has 0 heterocycles. The molecule has 2 atom stereocenters. The number of ether oxygens (including phenoxy) is 1. The van der Waals surface area contributed by atoms with Gasteiger partial charge in [-0.2, -0.15) is 0 Å². The van der Waals surface area contributed by atoms with E-state index in [1.165, 1.54) is 32.1 Å². The monoisotopic (exact) mass is 199 g/mol. The summed E-state index contributed by atoms with van der Waals surface area (Å²) in [6.07, 6.45) is 8.50. The van der Waals surface area contributed by atoms with Crippen LogP contribution < -0.4 is 5.32 Å². The Kier molecular flexibility index (Phi) is 5.49. The van der Waals surface area contributed by atoms with E-state index in [-0.39, 0.29) is 0 Å². The predicted molar refractivity (Wildman–Crippen MR) is 60.5 cm³/mol. The molecule has 2 nitrogen and oxygen atoms in total. The van der Waals surface area contributed by atoms with E-state index >= 15 is 0 Å². The van der Waals surface area contributed by atoms with Crippen molar-refractivity contribution in [2.75, 3.05) is 14.2 Å². The second-order valence-corrected chi connectivity index (χ2v) is 4.40. The number of nitrogens with one attached hydrogen (secondary N) is 1. The third-order valence-electron chi connectivity index (χ3n) is 3.59. The Morgan fingerprint density at radius 2 is 1.93 bits per heavy atom. The first-order valence-corrected chi connectivity index (χ1v) is 6.03. The van der Waals surface area contributed by atoms with Crippen LogP contribution in [0.15, 0.2) is 0 Å². The zero-order valence-corrected chi connectivity index (χ0v) is 9.88. The summed E-state index contributed by atoms with van der Waals surface area (Å²) in [6, 6.07) is 0.531. The second-order valence-electron chi connectivity index (χ2n) is 4.40. The highest BCUT2D eigenvalue weighted by molar-refractivity contribution is 4.83. The molecule has 1 aliphatic carbocycles. The maximum absolute atomic E-state index is 5.67. The van der Waals surface area contributed by atoms with Gasteiger partial charge in [-0.3, -0.25) is 0 Å². The summed E-state index contributed by atoms with van der Waals surface area (Å²) in [4.78, 5) is 0. The van der Waals surface area contributed by atoms with Crippen LogP contribution in [0.3, 0.4) is 0 Å². The maximum Gasteiger partial charge on any atom is 0.0752 e. The zero-order chi connectivity index (χ0) is 10.4. The van der Waals surface area contributed by atoms with Gasteiger partial charge in [-0.15, -0.1) is 0 Å². The van der Waals surface area contributed by atoms with E-state index < -0.39 is 0 Å². The van der Waals surface area contributed by atoms with Crippen LogP contribution in [0.1, 0.15) is 45.4 Å². The van der Waals surface area contributed by atoms with Gasteiger partial charge in [0.25, 0.3) is 0 Å². The van der Waals surface area contributed by atoms with Gasteiger partial charge in [0.15, 0.2) is 0 Å². The molecule has 2 heteroatoms. The first kappa shape index (κ1) is 12.0. The number of hydrogen-bond acceptors (Lipinski definition) is 2. The lowest BCUT2D eigenvalue weighted by Crippen LogP contribution is -2.43. The number of methoxy groups -OCH3 is 1. The van der Waals surface area contributed by atoms with Crippen molar-refractivity contribution in [3.8, 4) is 0 Å². The molecule has 0 aromatic rings. The average molecular weight is 199 g/mol. The fraction of sp³-hybridized carbons (Fsp3) is 1.00. The van der Waals surface area contributed by atoms with Gasteiger partial charge in [-0.25, -0.2) is 0 Å². The van der Waals surface area contributed by atoms with Gasteiger partial charge < -0.3 is 10.1 Å². The smallest absolute Gasteiger partial charge is 0.0752 e. The second kappa shape index (κ2) is 6.41. The molecule has 0 aliphatic heterocycles. The Hall–Kier alpha value is -0.0800. The quantitative estimate of drug-likeness (QED) is 0.735. The third-order valence-corrected chi connectivity index (χ3v) is 3.59. The fourth-order valence-electron chi connectivity index (χ4n) is 2.75. The Balaban J connectivity index is 2.49. The van der Waals surface area contributed by atoms with Crippen molar-refractivity contribution in [1.29, 1.82) is 0 Å². The highest BCUT2D eigenvalue weighted by atomic mass is 16.5. The summed E-state index contributed by atoms with van der Waals surface area (Å²) in [6.45, 7) is 2.23. The van der Waals surface area contributed by atoms with Crippen LogP contribution in [0.4, 0.5) is 0 Å². The first-order valence-electron chi connectivity index (χ1n) is 6.03. The van der Waals surface area contributed by atoms with Crippen molar-refractivity contribution in [2.24, 2.45) is 5.92 Å². The van der Waals surface area contributed by atoms with Crippen LogP contribution >= 0.6 is 0 Å².